The van der Waals surface area contributed by atoms with Crippen LogP contribution in [0.25, 0.3) is 0 Å². The Morgan fingerprint density at radius 2 is 2.09 bits per heavy atom. The average Bonchev–Trinajstić information content (AvgIpc) is 2.99. The van der Waals surface area contributed by atoms with Gasteiger partial charge in [0.2, 0.25) is 5.91 Å². The maximum Gasteiger partial charge on any atom is 0.248 e. The molecule has 3 rings (SSSR count). The van der Waals surface area contributed by atoms with E-state index in [1.165, 1.54) is 11.1 Å². The van der Waals surface area contributed by atoms with Gasteiger partial charge in [-0.1, -0.05) is 42.3 Å². The van der Waals surface area contributed by atoms with Crippen LogP contribution in [0.3, 0.4) is 0 Å². The van der Waals surface area contributed by atoms with Gasteiger partial charge in [0.15, 0.2) is 0 Å². The highest BCUT2D eigenvalue weighted by Gasteiger charge is 2.27. The maximum absolute atomic E-state index is 11.4. The lowest BCUT2D eigenvalue weighted by atomic mass is 10.0. The number of nitrogens with two attached hydrogens (primary N) is 1. The van der Waals surface area contributed by atoms with Crippen molar-refractivity contribution in [2.75, 3.05) is 6.54 Å². The molecule has 1 amide bonds. The third-order valence-corrected chi connectivity index (χ3v) is 4.43. The Labute approximate surface area is 137 Å². The van der Waals surface area contributed by atoms with E-state index in [9.17, 15) is 4.79 Å². The Balaban J connectivity index is 1.85. The van der Waals surface area contributed by atoms with Crippen molar-refractivity contribution >= 4 is 5.91 Å². The number of hydrogen-bond donors (Lipinski definition) is 1. The molecule has 1 atom stereocenters. The second-order valence-corrected chi connectivity index (χ2v) is 5.93. The summed E-state index contributed by atoms with van der Waals surface area (Å²) in [5, 5.41) is 0. The minimum atomic E-state index is -0.401. The standard InChI is InChI=1S/C20H20N2O/c1-2-12-22(14-15-6-5-8-17(13-15)20(21)23)19-11-10-16-7-3-4-9-18(16)19/h1,3-9,13,19H,10-12,14H2,(H2,21,23). The van der Waals surface area contributed by atoms with Crippen molar-refractivity contribution in [2.24, 2.45) is 5.73 Å². The summed E-state index contributed by atoms with van der Waals surface area (Å²) in [7, 11) is 0. The molecule has 0 bridgehead atoms. The number of benzene rings is 2. The zero-order valence-corrected chi connectivity index (χ0v) is 13.0. The van der Waals surface area contributed by atoms with Crippen molar-refractivity contribution in [1.82, 2.24) is 4.90 Å². The Morgan fingerprint density at radius 3 is 2.87 bits per heavy atom. The third kappa shape index (κ3) is 3.28. The Kier molecular flexibility index (Phi) is 4.45. The molecule has 0 fully saturated rings. The van der Waals surface area contributed by atoms with E-state index in [1.807, 2.05) is 18.2 Å². The number of primary amides is 1. The number of fused-ring (bicyclic) bond motifs is 1. The second kappa shape index (κ2) is 6.68. The van der Waals surface area contributed by atoms with Crippen LogP contribution in [0.5, 0.6) is 0 Å². The first kappa shape index (κ1) is 15.3. The molecule has 23 heavy (non-hydrogen) atoms. The molecule has 0 radical (unpaired) electrons. The fourth-order valence-corrected chi connectivity index (χ4v) is 3.36. The predicted octanol–water partition coefficient (Wildman–Crippen LogP) is 2.91. The van der Waals surface area contributed by atoms with Gasteiger partial charge < -0.3 is 5.73 Å². The molecule has 0 saturated carbocycles. The summed E-state index contributed by atoms with van der Waals surface area (Å²) in [6.45, 7) is 1.30. The molecule has 1 aliphatic rings. The summed E-state index contributed by atoms with van der Waals surface area (Å²) in [5.74, 6) is 2.37. The van der Waals surface area contributed by atoms with Gasteiger partial charge in [0.25, 0.3) is 0 Å². The molecule has 0 heterocycles. The fraction of sp³-hybridized carbons (Fsp3) is 0.250. The number of hydrogen-bond acceptors (Lipinski definition) is 2. The molecular formula is C20H20N2O. The summed E-state index contributed by atoms with van der Waals surface area (Å²) in [6.07, 6.45) is 7.75. The normalized spacial score (nSPS) is 16.1. The zero-order valence-electron chi connectivity index (χ0n) is 13.0. The van der Waals surface area contributed by atoms with Crippen LogP contribution in [0.1, 0.15) is 39.5 Å². The predicted molar refractivity (Wildman–Crippen MR) is 91.7 cm³/mol. The summed E-state index contributed by atoms with van der Waals surface area (Å²) in [5.41, 5.74) is 9.74. The zero-order chi connectivity index (χ0) is 16.2. The molecule has 2 aromatic rings. The van der Waals surface area contributed by atoms with Crippen molar-refractivity contribution in [3.8, 4) is 12.3 Å². The molecule has 1 aliphatic carbocycles. The van der Waals surface area contributed by atoms with Gasteiger partial charge in [-0.2, -0.15) is 0 Å². The highest BCUT2D eigenvalue weighted by Crippen LogP contribution is 2.36. The van der Waals surface area contributed by atoms with Crippen molar-refractivity contribution in [3.05, 3.63) is 70.8 Å². The van der Waals surface area contributed by atoms with E-state index in [2.05, 4.69) is 35.1 Å². The number of nitrogens with zero attached hydrogens (tertiary/aromatic N) is 1. The summed E-state index contributed by atoms with van der Waals surface area (Å²) >= 11 is 0. The largest absolute Gasteiger partial charge is 0.366 e. The van der Waals surface area contributed by atoms with Gasteiger partial charge in [0.1, 0.15) is 0 Å². The van der Waals surface area contributed by atoms with Crippen LogP contribution in [0.15, 0.2) is 48.5 Å². The SMILES string of the molecule is C#CCN(Cc1cccc(C(N)=O)c1)C1CCc2ccccc21. The molecule has 2 aromatic carbocycles. The number of carbonyl (C=O) groups excluding carboxylic acids is 1. The van der Waals surface area contributed by atoms with Crippen LogP contribution in [-0.2, 0) is 13.0 Å². The third-order valence-electron chi connectivity index (χ3n) is 4.43. The number of aryl methyl sites for hydroxylation is 1. The first-order valence-corrected chi connectivity index (χ1v) is 7.83. The van der Waals surface area contributed by atoms with Crippen LogP contribution in [0.4, 0.5) is 0 Å². The molecule has 0 aliphatic heterocycles. The topological polar surface area (TPSA) is 46.3 Å². The number of carbonyl (C=O) groups is 1. The Morgan fingerprint density at radius 1 is 1.26 bits per heavy atom. The molecule has 3 nitrogen and oxygen atoms in total. The Bertz CT molecular complexity index is 760. The van der Waals surface area contributed by atoms with Crippen molar-refractivity contribution in [3.63, 3.8) is 0 Å². The molecule has 2 N–H and O–H groups in total. The fourth-order valence-electron chi connectivity index (χ4n) is 3.36. The minimum absolute atomic E-state index is 0.333. The average molecular weight is 304 g/mol. The lowest BCUT2D eigenvalue weighted by Gasteiger charge is -2.28. The number of terminal acetylenes is 1. The van der Waals surface area contributed by atoms with Gasteiger partial charge in [0, 0.05) is 18.2 Å². The van der Waals surface area contributed by atoms with E-state index < -0.39 is 5.91 Å². The quantitative estimate of drug-likeness (QED) is 0.863. The smallest absolute Gasteiger partial charge is 0.248 e. The molecule has 3 heteroatoms. The first-order chi connectivity index (χ1) is 11.2. The molecule has 0 saturated heterocycles. The van der Waals surface area contributed by atoms with E-state index >= 15 is 0 Å². The van der Waals surface area contributed by atoms with Gasteiger partial charge in [-0.3, -0.25) is 9.69 Å². The minimum Gasteiger partial charge on any atom is -0.366 e. The summed E-state index contributed by atoms with van der Waals surface area (Å²) in [6, 6.07) is 16.4. The van der Waals surface area contributed by atoms with Gasteiger partial charge >= 0.3 is 0 Å². The molecule has 0 spiro atoms. The van der Waals surface area contributed by atoms with Crippen molar-refractivity contribution in [2.45, 2.75) is 25.4 Å². The van der Waals surface area contributed by atoms with Gasteiger partial charge in [-0.15, -0.1) is 6.42 Å². The second-order valence-electron chi connectivity index (χ2n) is 5.93. The molecular weight excluding hydrogens is 284 g/mol. The van der Waals surface area contributed by atoms with E-state index in [0.717, 1.165) is 18.4 Å². The van der Waals surface area contributed by atoms with E-state index in [4.69, 9.17) is 12.2 Å². The lowest BCUT2D eigenvalue weighted by Crippen LogP contribution is -2.27. The highest BCUT2D eigenvalue weighted by molar-refractivity contribution is 5.92. The van der Waals surface area contributed by atoms with Crippen LogP contribution >= 0.6 is 0 Å². The van der Waals surface area contributed by atoms with Crippen molar-refractivity contribution < 1.29 is 4.79 Å². The monoisotopic (exact) mass is 304 g/mol. The maximum atomic E-state index is 11.4. The van der Waals surface area contributed by atoms with Crippen molar-refractivity contribution in [1.29, 1.82) is 0 Å². The molecule has 116 valence electrons. The summed E-state index contributed by atoms with van der Waals surface area (Å²) in [4.78, 5) is 13.7. The lowest BCUT2D eigenvalue weighted by molar-refractivity contribution is 0.1000. The number of rotatable bonds is 5. The highest BCUT2D eigenvalue weighted by atomic mass is 16.1. The summed E-state index contributed by atoms with van der Waals surface area (Å²) < 4.78 is 0. The first-order valence-electron chi connectivity index (χ1n) is 7.83. The van der Waals surface area contributed by atoms with Crippen LogP contribution < -0.4 is 5.73 Å². The van der Waals surface area contributed by atoms with Crippen LogP contribution in [0, 0.1) is 12.3 Å². The van der Waals surface area contributed by atoms with E-state index in [0.29, 0.717) is 24.7 Å². The van der Waals surface area contributed by atoms with Gasteiger partial charge in [-0.05, 0) is 41.7 Å². The van der Waals surface area contributed by atoms with Gasteiger partial charge in [-0.25, -0.2) is 0 Å². The Hall–Kier alpha value is -2.57. The van der Waals surface area contributed by atoms with Gasteiger partial charge in [0.05, 0.1) is 6.54 Å². The number of amides is 1. The van der Waals surface area contributed by atoms with E-state index in [1.54, 1.807) is 6.07 Å². The molecule has 0 aromatic heterocycles. The molecule has 1 unspecified atom stereocenters. The van der Waals surface area contributed by atoms with Crippen LogP contribution in [-0.4, -0.2) is 17.4 Å². The van der Waals surface area contributed by atoms with E-state index in [-0.39, 0.29) is 0 Å². The van der Waals surface area contributed by atoms with Crippen LogP contribution in [0.2, 0.25) is 0 Å².